The number of hydrogen-bond donors (Lipinski definition) is 3. The standard InChI is InChI=1S/C12H19NO9/c1-5(14)21-9-8(16)4-20-12(10(9)22-6(2)15)19-3-7(13)11(17)18/h7-10,12,16H,3-4,13H2,1-2H3,(H,17,18)/t7-,8+,9-,10+,12+/m0/s1. The Labute approximate surface area is 126 Å². The molecule has 126 valence electrons. The highest BCUT2D eigenvalue weighted by Crippen LogP contribution is 2.23. The molecule has 0 aromatic heterocycles. The fourth-order valence-electron chi connectivity index (χ4n) is 1.82. The van der Waals surface area contributed by atoms with E-state index in [0.29, 0.717) is 0 Å². The van der Waals surface area contributed by atoms with Gasteiger partial charge in [0.15, 0.2) is 18.5 Å². The number of carbonyl (C=O) groups is 3. The van der Waals surface area contributed by atoms with Crippen LogP contribution in [0.4, 0.5) is 0 Å². The third-order valence-electron chi connectivity index (χ3n) is 2.76. The van der Waals surface area contributed by atoms with E-state index in [1.54, 1.807) is 0 Å². The Bertz CT molecular complexity index is 427. The van der Waals surface area contributed by atoms with Crippen molar-refractivity contribution in [2.45, 2.75) is 44.5 Å². The Hall–Kier alpha value is -1.75. The molecule has 1 saturated heterocycles. The molecule has 5 atom stereocenters. The minimum Gasteiger partial charge on any atom is -0.480 e. The normalized spacial score (nSPS) is 29.5. The average molecular weight is 321 g/mol. The zero-order valence-corrected chi connectivity index (χ0v) is 12.1. The van der Waals surface area contributed by atoms with Gasteiger partial charge in [-0.3, -0.25) is 14.4 Å². The van der Waals surface area contributed by atoms with E-state index in [0.717, 1.165) is 13.8 Å². The molecule has 10 heteroatoms. The SMILES string of the molecule is CC(=O)O[C@@H]1[C@@H](OC(C)=O)[C@H](OC[C@H](N)C(=O)O)OC[C@H]1O. The van der Waals surface area contributed by atoms with E-state index in [1.165, 1.54) is 0 Å². The number of aliphatic hydroxyl groups excluding tert-OH is 1. The Morgan fingerprint density at radius 2 is 1.77 bits per heavy atom. The zero-order valence-electron chi connectivity index (χ0n) is 12.1. The van der Waals surface area contributed by atoms with Crippen molar-refractivity contribution in [2.24, 2.45) is 5.73 Å². The van der Waals surface area contributed by atoms with Crippen LogP contribution in [0.15, 0.2) is 0 Å². The lowest BCUT2D eigenvalue weighted by atomic mass is 10.0. The van der Waals surface area contributed by atoms with E-state index in [-0.39, 0.29) is 6.61 Å². The number of carbonyl (C=O) groups excluding carboxylic acids is 2. The van der Waals surface area contributed by atoms with Gasteiger partial charge in [0.05, 0.1) is 13.2 Å². The number of carboxylic acids is 1. The number of aliphatic hydroxyl groups is 1. The molecule has 1 heterocycles. The van der Waals surface area contributed by atoms with Gasteiger partial charge in [-0.05, 0) is 0 Å². The first-order valence-corrected chi connectivity index (χ1v) is 6.46. The molecule has 0 spiro atoms. The average Bonchev–Trinajstić information content (AvgIpc) is 2.40. The van der Waals surface area contributed by atoms with E-state index in [9.17, 15) is 19.5 Å². The highest BCUT2D eigenvalue weighted by Gasteiger charge is 2.45. The number of nitrogens with two attached hydrogens (primary N) is 1. The fraction of sp³-hybridized carbons (Fsp3) is 0.750. The van der Waals surface area contributed by atoms with E-state index in [1.807, 2.05) is 0 Å². The van der Waals surface area contributed by atoms with Crippen molar-refractivity contribution in [1.82, 2.24) is 0 Å². The van der Waals surface area contributed by atoms with E-state index in [2.05, 4.69) is 0 Å². The van der Waals surface area contributed by atoms with Crippen molar-refractivity contribution in [3.63, 3.8) is 0 Å². The van der Waals surface area contributed by atoms with Crippen molar-refractivity contribution in [1.29, 1.82) is 0 Å². The molecule has 0 unspecified atom stereocenters. The molecule has 1 aliphatic heterocycles. The van der Waals surface area contributed by atoms with Gasteiger partial charge in [-0.1, -0.05) is 0 Å². The lowest BCUT2D eigenvalue weighted by Crippen LogP contribution is -2.57. The number of hydrogen-bond acceptors (Lipinski definition) is 9. The maximum Gasteiger partial charge on any atom is 0.322 e. The van der Waals surface area contributed by atoms with Gasteiger partial charge in [0.2, 0.25) is 0 Å². The lowest BCUT2D eigenvalue weighted by molar-refractivity contribution is -0.279. The van der Waals surface area contributed by atoms with Crippen LogP contribution in [-0.2, 0) is 33.3 Å². The summed E-state index contributed by atoms with van der Waals surface area (Å²) < 4.78 is 20.2. The second kappa shape index (κ2) is 8.03. The van der Waals surface area contributed by atoms with Crippen molar-refractivity contribution in [3.8, 4) is 0 Å². The fourth-order valence-corrected chi connectivity index (χ4v) is 1.82. The number of ether oxygens (including phenoxy) is 4. The zero-order chi connectivity index (χ0) is 16.9. The largest absolute Gasteiger partial charge is 0.480 e. The second-order valence-corrected chi connectivity index (χ2v) is 4.70. The summed E-state index contributed by atoms with van der Waals surface area (Å²) in [7, 11) is 0. The minimum absolute atomic E-state index is 0.247. The minimum atomic E-state index is -1.30. The Morgan fingerprint density at radius 3 is 2.27 bits per heavy atom. The van der Waals surface area contributed by atoms with Crippen LogP contribution in [-0.4, -0.2) is 72.0 Å². The molecule has 10 nitrogen and oxygen atoms in total. The first-order chi connectivity index (χ1) is 10.2. The van der Waals surface area contributed by atoms with Crippen LogP contribution in [0.5, 0.6) is 0 Å². The predicted molar refractivity (Wildman–Crippen MR) is 68.4 cm³/mol. The van der Waals surface area contributed by atoms with Crippen LogP contribution in [0.1, 0.15) is 13.8 Å². The summed E-state index contributed by atoms with van der Waals surface area (Å²) in [6.45, 7) is 1.58. The molecule has 1 rings (SSSR count). The molecule has 1 fully saturated rings. The molecule has 0 aliphatic carbocycles. The third-order valence-corrected chi connectivity index (χ3v) is 2.76. The summed E-state index contributed by atoms with van der Waals surface area (Å²) in [4.78, 5) is 32.9. The van der Waals surface area contributed by atoms with Crippen molar-refractivity contribution >= 4 is 17.9 Å². The Balaban J connectivity index is 2.81. The molecule has 0 aromatic carbocycles. The molecule has 4 N–H and O–H groups in total. The van der Waals surface area contributed by atoms with Gasteiger partial charge >= 0.3 is 17.9 Å². The number of rotatable bonds is 6. The molecule has 0 bridgehead atoms. The maximum absolute atomic E-state index is 11.2. The maximum atomic E-state index is 11.2. The van der Waals surface area contributed by atoms with Crippen LogP contribution in [0.2, 0.25) is 0 Å². The van der Waals surface area contributed by atoms with Gasteiger partial charge in [-0.2, -0.15) is 0 Å². The van der Waals surface area contributed by atoms with Gasteiger partial charge in [-0.15, -0.1) is 0 Å². The molecular formula is C12H19NO9. The summed E-state index contributed by atoms with van der Waals surface area (Å²) >= 11 is 0. The highest BCUT2D eigenvalue weighted by atomic mass is 16.7. The Morgan fingerprint density at radius 1 is 1.23 bits per heavy atom. The number of aliphatic carboxylic acids is 1. The number of esters is 2. The van der Waals surface area contributed by atoms with Gasteiger partial charge in [-0.25, -0.2) is 0 Å². The van der Waals surface area contributed by atoms with Crippen LogP contribution < -0.4 is 5.73 Å². The predicted octanol–water partition coefficient (Wildman–Crippen LogP) is -2.00. The van der Waals surface area contributed by atoms with Gasteiger partial charge in [0.1, 0.15) is 12.1 Å². The topological polar surface area (TPSA) is 155 Å². The van der Waals surface area contributed by atoms with E-state index in [4.69, 9.17) is 29.8 Å². The summed E-state index contributed by atoms with van der Waals surface area (Å²) in [5.74, 6) is -2.68. The quantitative estimate of drug-likeness (QED) is 0.467. The van der Waals surface area contributed by atoms with E-state index >= 15 is 0 Å². The summed E-state index contributed by atoms with van der Waals surface area (Å²) in [5.41, 5.74) is 5.30. The summed E-state index contributed by atoms with van der Waals surface area (Å²) in [6.07, 6.45) is -4.88. The molecule has 22 heavy (non-hydrogen) atoms. The molecule has 1 aliphatic rings. The van der Waals surface area contributed by atoms with Crippen molar-refractivity contribution in [3.05, 3.63) is 0 Å². The van der Waals surface area contributed by atoms with Crippen LogP contribution in [0, 0.1) is 0 Å². The molecule has 0 radical (unpaired) electrons. The third kappa shape index (κ3) is 5.22. The van der Waals surface area contributed by atoms with Crippen LogP contribution in [0.25, 0.3) is 0 Å². The molecular weight excluding hydrogens is 302 g/mol. The van der Waals surface area contributed by atoms with Crippen LogP contribution in [0.3, 0.4) is 0 Å². The highest BCUT2D eigenvalue weighted by molar-refractivity contribution is 5.73. The Kier molecular flexibility index (Phi) is 6.68. The van der Waals surface area contributed by atoms with Gasteiger partial charge < -0.3 is 34.9 Å². The number of carboxylic acid groups (broad SMARTS) is 1. The van der Waals surface area contributed by atoms with Gasteiger partial charge in [0.25, 0.3) is 0 Å². The molecule has 0 aromatic rings. The van der Waals surface area contributed by atoms with Crippen LogP contribution >= 0.6 is 0 Å². The lowest BCUT2D eigenvalue weighted by Gasteiger charge is -2.38. The van der Waals surface area contributed by atoms with Crippen molar-refractivity contribution < 1.29 is 43.5 Å². The van der Waals surface area contributed by atoms with Crippen molar-refractivity contribution in [2.75, 3.05) is 13.2 Å². The smallest absolute Gasteiger partial charge is 0.322 e. The summed E-state index contributed by atoms with van der Waals surface area (Å²) in [5, 5.41) is 18.5. The van der Waals surface area contributed by atoms with Gasteiger partial charge in [0, 0.05) is 13.8 Å². The first-order valence-electron chi connectivity index (χ1n) is 6.46. The van der Waals surface area contributed by atoms with E-state index < -0.39 is 55.2 Å². The molecule has 0 amide bonds. The monoisotopic (exact) mass is 321 g/mol. The first kappa shape index (κ1) is 18.3. The summed E-state index contributed by atoms with van der Waals surface area (Å²) in [6, 6.07) is -1.30. The molecule has 0 saturated carbocycles. The second-order valence-electron chi connectivity index (χ2n) is 4.70.